The first-order valence-corrected chi connectivity index (χ1v) is 5.47. The van der Waals surface area contributed by atoms with Gasteiger partial charge in [0.1, 0.15) is 17.4 Å². The molecule has 2 heterocycles. The van der Waals surface area contributed by atoms with Crippen LogP contribution in [0.1, 0.15) is 25.3 Å². The minimum atomic E-state index is -0.612. The van der Waals surface area contributed by atoms with E-state index in [-0.39, 0.29) is 0 Å². The Labute approximate surface area is 93.9 Å². The lowest BCUT2D eigenvalue weighted by Gasteiger charge is -2.10. The van der Waals surface area contributed by atoms with E-state index in [4.69, 9.17) is 5.73 Å². The maximum absolute atomic E-state index is 9.94. The van der Waals surface area contributed by atoms with E-state index in [0.29, 0.717) is 18.8 Å². The third kappa shape index (κ3) is 1.79. The van der Waals surface area contributed by atoms with Gasteiger partial charge in [-0.3, -0.25) is 0 Å². The molecule has 0 saturated carbocycles. The lowest BCUT2D eigenvalue weighted by molar-refractivity contribution is 0.156. The van der Waals surface area contributed by atoms with Crippen LogP contribution in [0.4, 0.5) is 0 Å². The molecule has 0 bridgehead atoms. The summed E-state index contributed by atoms with van der Waals surface area (Å²) in [6.07, 6.45) is 1.64. The molecule has 0 aliphatic heterocycles. The number of aliphatic hydroxyl groups is 1. The molecule has 5 nitrogen and oxygen atoms in total. The van der Waals surface area contributed by atoms with Crippen molar-refractivity contribution in [3.8, 4) is 0 Å². The zero-order valence-electron chi connectivity index (χ0n) is 9.30. The molecule has 2 rings (SSSR count). The van der Waals surface area contributed by atoms with Gasteiger partial charge >= 0.3 is 0 Å². The summed E-state index contributed by atoms with van der Waals surface area (Å²) in [5.41, 5.74) is 7.07. The van der Waals surface area contributed by atoms with Crippen LogP contribution in [0.5, 0.6) is 0 Å². The third-order valence-electron chi connectivity index (χ3n) is 2.59. The Bertz CT molecular complexity index is 480. The van der Waals surface area contributed by atoms with E-state index in [1.54, 1.807) is 6.20 Å². The van der Waals surface area contributed by atoms with Crippen LogP contribution in [0, 0.1) is 0 Å². The second-order valence-electron chi connectivity index (χ2n) is 3.65. The largest absolute Gasteiger partial charge is 0.385 e. The van der Waals surface area contributed by atoms with Crippen LogP contribution in [-0.4, -0.2) is 26.2 Å². The Morgan fingerprint density at radius 1 is 1.56 bits per heavy atom. The van der Waals surface area contributed by atoms with E-state index < -0.39 is 6.10 Å². The summed E-state index contributed by atoms with van der Waals surface area (Å²) in [4.78, 5) is 8.67. The monoisotopic (exact) mass is 220 g/mol. The van der Waals surface area contributed by atoms with E-state index in [0.717, 1.165) is 17.7 Å². The van der Waals surface area contributed by atoms with Gasteiger partial charge in [0.2, 0.25) is 0 Å². The Morgan fingerprint density at radius 3 is 3.06 bits per heavy atom. The number of aryl methyl sites for hydroxylation is 1. The van der Waals surface area contributed by atoms with Crippen LogP contribution in [0.25, 0.3) is 11.2 Å². The lowest BCUT2D eigenvalue weighted by Crippen LogP contribution is -2.12. The highest BCUT2D eigenvalue weighted by atomic mass is 16.3. The molecule has 1 unspecified atom stereocenters. The average molecular weight is 220 g/mol. The number of nitrogens with two attached hydrogens (primary N) is 1. The van der Waals surface area contributed by atoms with Gasteiger partial charge in [0.15, 0.2) is 5.65 Å². The fraction of sp³-hybridized carbons (Fsp3) is 0.455. The SMILES string of the molecule is CCn1c(C(O)CCN)nc2cccnc21. The van der Waals surface area contributed by atoms with Gasteiger partial charge < -0.3 is 15.4 Å². The highest BCUT2D eigenvalue weighted by Crippen LogP contribution is 2.20. The Morgan fingerprint density at radius 2 is 2.38 bits per heavy atom. The third-order valence-corrected chi connectivity index (χ3v) is 2.59. The van der Waals surface area contributed by atoms with Crippen LogP contribution < -0.4 is 5.73 Å². The molecule has 0 aromatic carbocycles. The van der Waals surface area contributed by atoms with Crippen LogP contribution in [-0.2, 0) is 6.54 Å². The van der Waals surface area contributed by atoms with E-state index in [1.165, 1.54) is 0 Å². The Balaban J connectivity index is 2.51. The average Bonchev–Trinajstić information content (AvgIpc) is 2.67. The predicted octanol–water partition coefficient (Wildman–Crippen LogP) is 0.833. The van der Waals surface area contributed by atoms with Crippen molar-refractivity contribution in [1.29, 1.82) is 0 Å². The molecule has 0 spiro atoms. The van der Waals surface area contributed by atoms with Crippen LogP contribution >= 0.6 is 0 Å². The zero-order valence-corrected chi connectivity index (χ0v) is 9.30. The summed E-state index contributed by atoms with van der Waals surface area (Å²) in [6.45, 7) is 3.19. The number of fused-ring (bicyclic) bond motifs is 1. The van der Waals surface area contributed by atoms with Crippen molar-refractivity contribution in [3.63, 3.8) is 0 Å². The first-order valence-electron chi connectivity index (χ1n) is 5.47. The molecule has 3 N–H and O–H groups in total. The van der Waals surface area contributed by atoms with Crippen molar-refractivity contribution >= 4 is 11.2 Å². The molecule has 16 heavy (non-hydrogen) atoms. The standard InChI is InChI=1S/C11H16N4O/c1-2-15-10-8(4-3-7-13-10)14-11(15)9(16)5-6-12/h3-4,7,9,16H,2,5-6,12H2,1H3. The van der Waals surface area contributed by atoms with Gasteiger partial charge in [-0.15, -0.1) is 0 Å². The maximum Gasteiger partial charge on any atom is 0.160 e. The maximum atomic E-state index is 9.94. The quantitative estimate of drug-likeness (QED) is 0.800. The second kappa shape index (κ2) is 4.59. The summed E-state index contributed by atoms with van der Waals surface area (Å²) < 4.78 is 1.93. The summed E-state index contributed by atoms with van der Waals surface area (Å²) in [6, 6.07) is 3.74. The van der Waals surface area contributed by atoms with E-state index in [1.807, 2.05) is 23.6 Å². The van der Waals surface area contributed by atoms with Gasteiger partial charge in [-0.25, -0.2) is 9.97 Å². The molecule has 0 fully saturated rings. The van der Waals surface area contributed by atoms with Crippen LogP contribution in [0.3, 0.4) is 0 Å². The van der Waals surface area contributed by atoms with Crippen molar-refractivity contribution in [2.24, 2.45) is 5.73 Å². The molecule has 0 saturated heterocycles. The summed E-state index contributed by atoms with van der Waals surface area (Å²) >= 11 is 0. The summed E-state index contributed by atoms with van der Waals surface area (Å²) in [5, 5.41) is 9.94. The molecule has 2 aromatic heterocycles. The minimum Gasteiger partial charge on any atom is -0.385 e. The van der Waals surface area contributed by atoms with Crippen molar-refractivity contribution in [1.82, 2.24) is 14.5 Å². The van der Waals surface area contributed by atoms with E-state index in [9.17, 15) is 5.11 Å². The van der Waals surface area contributed by atoms with Gasteiger partial charge in [-0.1, -0.05) is 0 Å². The summed E-state index contributed by atoms with van der Waals surface area (Å²) in [7, 11) is 0. The Hall–Kier alpha value is -1.46. The first-order chi connectivity index (χ1) is 7.77. The smallest absolute Gasteiger partial charge is 0.160 e. The van der Waals surface area contributed by atoms with Gasteiger partial charge in [-0.2, -0.15) is 0 Å². The number of imidazole rings is 1. The number of hydrogen-bond acceptors (Lipinski definition) is 4. The minimum absolute atomic E-state index is 0.446. The number of rotatable bonds is 4. The number of nitrogens with zero attached hydrogens (tertiary/aromatic N) is 3. The molecule has 1 atom stereocenters. The predicted molar refractivity (Wildman–Crippen MR) is 61.8 cm³/mol. The molecule has 0 aliphatic rings. The summed E-state index contributed by atoms with van der Waals surface area (Å²) in [5.74, 6) is 0.654. The highest BCUT2D eigenvalue weighted by Gasteiger charge is 2.16. The molecule has 0 aliphatic carbocycles. The van der Waals surface area contributed by atoms with Gasteiger partial charge in [0.05, 0.1) is 0 Å². The van der Waals surface area contributed by atoms with Crippen molar-refractivity contribution < 1.29 is 5.11 Å². The topological polar surface area (TPSA) is 77.0 Å². The molecular formula is C11H16N4O. The molecular weight excluding hydrogens is 204 g/mol. The second-order valence-corrected chi connectivity index (χ2v) is 3.65. The van der Waals surface area contributed by atoms with Crippen molar-refractivity contribution in [2.75, 3.05) is 6.54 Å². The Kier molecular flexibility index (Phi) is 3.17. The number of aliphatic hydroxyl groups excluding tert-OH is 1. The molecule has 2 aromatic rings. The van der Waals surface area contributed by atoms with Crippen molar-refractivity contribution in [3.05, 3.63) is 24.2 Å². The lowest BCUT2D eigenvalue weighted by atomic mass is 10.2. The normalized spacial score (nSPS) is 13.2. The van der Waals surface area contributed by atoms with E-state index in [2.05, 4.69) is 9.97 Å². The zero-order chi connectivity index (χ0) is 11.5. The first kappa shape index (κ1) is 11.0. The number of aromatic nitrogens is 3. The fourth-order valence-corrected chi connectivity index (χ4v) is 1.83. The van der Waals surface area contributed by atoms with Gasteiger partial charge in [0.25, 0.3) is 0 Å². The highest BCUT2D eigenvalue weighted by molar-refractivity contribution is 5.71. The fourth-order valence-electron chi connectivity index (χ4n) is 1.83. The van der Waals surface area contributed by atoms with Crippen LogP contribution in [0.2, 0.25) is 0 Å². The van der Waals surface area contributed by atoms with Crippen molar-refractivity contribution in [2.45, 2.75) is 26.0 Å². The number of hydrogen-bond donors (Lipinski definition) is 2. The molecule has 86 valence electrons. The molecule has 5 heteroatoms. The van der Waals surface area contributed by atoms with Gasteiger partial charge in [0, 0.05) is 12.7 Å². The van der Waals surface area contributed by atoms with E-state index >= 15 is 0 Å². The molecule has 0 radical (unpaired) electrons. The number of pyridine rings is 1. The van der Waals surface area contributed by atoms with Gasteiger partial charge in [-0.05, 0) is 32.0 Å². The van der Waals surface area contributed by atoms with Crippen LogP contribution in [0.15, 0.2) is 18.3 Å². The molecule has 0 amide bonds.